The number of nitrogens with zero attached hydrogens (tertiary/aromatic N) is 2. The Bertz CT molecular complexity index is 771. The molecule has 132 valence electrons. The van der Waals surface area contributed by atoms with Gasteiger partial charge in [-0.15, -0.1) is 0 Å². The van der Waals surface area contributed by atoms with Crippen molar-refractivity contribution >= 4 is 16.8 Å². The van der Waals surface area contributed by atoms with Crippen molar-refractivity contribution in [1.29, 1.82) is 0 Å². The van der Waals surface area contributed by atoms with Crippen molar-refractivity contribution in [3.8, 4) is 0 Å². The number of likely N-dealkylation sites (tertiary alicyclic amines) is 1. The summed E-state index contributed by atoms with van der Waals surface area (Å²) in [5, 5.41) is 4.59. The molecular weight excluding hydrogens is 314 g/mol. The summed E-state index contributed by atoms with van der Waals surface area (Å²) < 4.78 is 5.41. The van der Waals surface area contributed by atoms with E-state index in [1.165, 1.54) is 5.56 Å². The second kappa shape index (κ2) is 7.10. The number of nitrogens with one attached hydrogen (secondary N) is 1. The number of pyridine rings is 1. The summed E-state index contributed by atoms with van der Waals surface area (Å²) in [5.41, 5.74) is 3.24. The zero-order valence-corrected chi connectivity index (χ0v) is 14.7. The quantitative estimate of drug-likeness (QED) is 0.929. The van der Waals surface area contributed by atoms with E-state index in [1.807, 2.05) is 13.0 Å². The van der Waals surface area contributed by atoms with E-state index in [9.17, 15) is 4.79 Å². The normalized spacial score (nSPS) is 22.0. The maximum Gasteiger partial charge on any atom is 0.240 e. The fourth-order valence-electron chi connectivity index (χ4n) is 3.88. The Hall–Kier alpha value is -1.98. The van der Waals surface area contributed by atoms with Gasteiger partial charge in [-0.25, -0.2) is 0 Å². The van der Waals surface area contributed by atoms with Gasteiger partial charge in [0.05, 0.1) is 11.6 Å². The van der Waals surface area contributed by atoms with Crippen molar-refractivity contribution in [3.05, 3.63) is 41.6 Å². The van der Waals surface area contributed by atoms with Crippen molar-refractivity contribution in [2.75, 3.05) is 19.8 Å². The Morgan fingerprint density at radius 3 is 2.88 bits per heavy atom. The smallest absolute Gasteiger partial charge is 0.240 e. The zero-order valence-electron chi connectivity index (χ0n) is 14.7. The second-order valence-electron chi connectivity index (χ2n) is 7.08. The van der Waals surface area contributed by atoms with Crippen LogP contribution in [0.2, 0.25) is 0 Å². The highest BCUT2D eigenvalue weighted by molar-refractivity contribution is 5.84. The number of ether oxygens (including phenoxy) is 1. The van der Waals surface area contributed by atoms with Crippen molar-refractivity contribution < 1.29 is 9.53 Å². The van der Waals surface area contributed by atoms with E-state index in [0.29, 0.717) is 12.6 Å². The van der Waals surface area contributed by atoms with E-state index in [1.54, 1.807) is 0 Å². The summed E-state index contributed by atoms with van der Waals surface area (Å²) in [6.45, 7) is 5.13. The average Bonchev–Trinajstić information content (AvgIpc) is 3.01. The number of rotatable bonds is 4. The van der Waals surface area contributed by atoms with E-state index in [2.05, 4.69) is 39.5 Å². The predicted molar refractivity (Wildman–Crippen MR) is 97.3 cm³/mol. The lowest BCUT2D eigenvalue weighted by molar-refractivity contribution is -0.133. The van der Waals surface area contributed by atoms with Gasteiger partial charge in [-0.1, -0.05) is 12.1 Å². The first-order valence-electron chi connectivity index (χ1n) is 9.18. The molecule has 0 spiro atoms. The SMILES string of the molecule is Cc1ccc2cc(CNC3CCN(C4CCOCC4)C3=O)ccc2n1. The van der Waals surface area contributed by atoms with Gasteiger partial charge in [0, 0.05) is 43.4 Å². The molecule has 2 fully saturated rings. The van der Waals surface area contributed by atoms with Crippen LogP contribution in [0.25, 0.3) is 10.9 Å². The van der Waals surface area contributed by atoms with Gasteiger partial charge in [0.2, 0.25) is 5.91 Å². The van der Waals surface area contributed by atoms with Crippen LogP contribution in [-0.4, -0.2) is 47.6 Å². The third kappa shape index (κ3) is 3.53. The summed E-state index contributed by atoms with van der Waals surface area (Å²) in [4.78, 5) is 19.3. The first kappa shape index (κ1) is 16.5. The minimum Gasteiger partial charge on any atom is -0.381 e. The molecule has 5 heteroatoms. The summed E-state index contributed by atoms with van der Waals surface area (Å²) in [5.74, 6) is 0.255. The molecule has 2 aliphatic rings. The lowest BCUT2D eigenvalue weighted by Crippen LogP contribution is -2.44. The maximum atomic E-state index is 12.7. The van der Waals surface area contributed by atoms with Crippen LogP contribution in [-0.2, 0) is 16.1 Å². The molecule has 1 aromatic carbocycles. The molecule has 4 rings (SSSR count). The number of carbonyl (C=O) groups is 1. The Labute approximate surface area is 148 Å². The van der Waals surface area contributed by atoms with Crippen molar-refractivity contribution in [2.45, 2.75) is 44.8 Å². The molecule has 0 radical (unpaired) electrons. The molecule has 3 heterocycles. The predicted octanol–water partition coefficient (Wildman–Crippen LogP) is 2.41. The van der Waals surface area contributed by atoms with Gasteiger partial charge in [-0.2, -0.15) is 0 Å². The number of benzene rings is 1. The lowest BCUT2D eigenvalue weighted by atomic mass is 10.1. The highest BCUT2D eigenvalue weighted by atomic mass is 16.5. The number of amides is 1. The van der Waals surface area contributed by atoms with E-state index < -0.39 is 0 Å². The molecule has 0 saturated carbocycles. The molecule has 25 heavy (non-hydrogen) atoms. The van der Waals surface area contributed by atoms with Crippen LogP contribution in [0.15, 0.2) is 30.3 Å². The number of hydrogen-bond acceptors (Lipinski definition) is 4. The Morgan fingerprint density at radius 1 is 1.20 bits per heavy atom. The molecule has 0 bridgehead atoms. The first-order valence-corrected chi connectivity index (χ1v) is 9.18. The second-order valence-corrected chi connectivity index (χ2v) is 7.08. The van der Waals surface area contributed by atoms with Crippen LogP contribution >= 0.6 is 0 Å². The van der Waals surface area contributed by atoms with E-state index in [-0.39, 0.29) is 11.9 Å². The fraction of sp³-hybridized carbons (Fsp3) is 0.500. The van der Waals surface area contributed by atoms with Crippen LogP contribution in [0, 0.1) is 6.92 Å². The summed E-state index contributed by atoms with van der Waals surface area (Å²) in [7, 11) is 0. The molecule has 1 atom stereocenters. The topological polar surface area (TPSA) is 54.5 Å². The third-order valence-corrected chi connectivity index (χ3v) is 5.32. The molecular formula is C20H25N3O2. The van der Waals surface area contributed by atoms with E-state index in [0.717, 1.165) is 55.6 Å². The minimum atomic E-state index is -0.0605. The largest absolute Gasteiger partial charge is 0.381 e. The maximum absolute atomic E-state index is 12.7. The molecule has 1 N–H and O–H groups in total. The Balaban J connectivity index is 1.38. The number of carbonyl (C=O) groups excluding carboxylic acids is 1. The van der Waals surface area contributed by atoms with Gasteiger partial charge in [-0.05, 0) is 49.9 Å². The molecule has 1 unspecified atom stereocenters. The van der Waals surface area contributed by atoms with Gasteiger partial charge >= 0.3 is 0 Å². The number of hydrogen-bond donors (Lipinski definition) is 1. The summed E-state index contributed by atoms with van der Waals surface area (Å²) in [6.07, 6.45) is 2.83. The van der Waals surface area contributed by atoms with Crippen molar-refractivity contribution in [2.24, 2.45) is 0 Å². The van der Waals surface area contributed by atoms with Gasteiger partial charge < -0.3 is 15.0 Å². The lowest BCUT2D eigenvalue weighted by Gasteiger charge is -2.31. The summed E-state index contributed by atoms with van der Waals surface area (Å²) in [6, 6.07) is 10.8. The molecule has 2 aliphatic heterocycles. The number of aryl methyl sites for hydroxylation is 1. The van der Waals surface area contributed by atoms with Crippen LogP contribution in [0.3, 0.4) is 0 Å². The van der Waals surface area contributed by atoms with Crippen molar-refractivity contribution in [1.82, 2.24) is 15.2 Å². The third-order valence-electron chi connectivity index (χ3n) is 5.32. The Morgan fingerprint density at radius 2 is 2.04 bits per heavy atom. The monoisotopic (exact) mass is 339 g/mol. The Kier molecular flexibility index (Phi) is 4.68. The van der Waals surface area contributed by atoms with Crippen LogP contribution in [0.4, 0.5) is 0 Å². The van der Waals surface area contributed by atoms with Crippen LogP contribution < -0.4 is 5.32 Å². The molecule has 2 saturated heterocycles. The van der Waals surface area contributed by atoms with Gasteiger partial charge in [0.25, 0.3) is 0 Å². The molecule has 1 amide bonds. The van der Waals surface area contributed by atoms with Gasteiger partial charge in [-0.3, -0.25) is 9.78 Å². The standard InChI is InChI=1S/C20H25N3O2/c1-14-2-4-16-12-15(3-5-18(16)22-14)13-21-19-6-9-23(20(19)24)17-7-10-25-11-8-17/h2-5,12,17,19,21H,6-11,13H2,1H3. The number of fused-ring (bicyclic) bond motifs is 1. The van der Waals surface area contributed by atoms with Crippen LogP contribution in [0.5, 0.6) is 0 Å². The molecule has 2 aromatic rings. The average molecular weight is 339 g/mol. The van der Waals surface area contributed by atoms with Crippen LogP contribution in [0.1, 0.15) is 30.5 Å². The minimum absolute atomic E-state index is 0.0605. The molecule has 5 nitrogen and oxygen atoms in total. The van der Waals surface area contributed by atoms with Gasteiger partial charge in [0.1, 0.15) is 0 Å². The first-order chi connectivity index (χ1) is 12.2. The van der Waals surface area contributed by atoms with Gasteiger partial charge in [0.15, 0.2) is 0 Å². The highest BCUT2D eigenvalue weighted by Gasteiger charge is 2.35. The fourth-order valence-corrected chi connectivity index (χ4v) is 3.88. The number of aromatic nitrogens is 1. The molecule has 0 aliphatic carbocycles. The molecule has 1 aromatic heterocycles. The van der Waals surface area contributed by atoms with E-state index >= 15 is 0 Å². The summed E-state index contributed by atoms with van der Waals surface area (Å²) >= 11 is 0. The van der Waals surface area contributed by atoms with E-state index in [4.69, 9.17) is 4.74 Å². The zero-order chi connectivity index (χ0) is 17.2. The van der Waals surface area contributed by atoms with Crippen molar-refractivity contribution in [3.63, 3.8) is 0 Å². The highest BCUT2D eigenvalue weighted by Crippen LogP contribution is 2.22.